The third kappa shape index (κ3) is 2.24. The Labute approximate surface area is 99.5 Å². The van der Waals surface area contributed by atoms with Crippen LogP contribution in [-0.4, -0.2) is 0 Å². The molecule has 0 atom stereocenters. The van der Waals surface area contributed by atoms with Crippen LogP contribution >= 0.6 is 22.9 Å². The maximum Gasteiger partial charge on any atom is 0.0441 e. The van der Waals surface area contributed by atoms with Crippen molar-refractivity contribution in [3.05, 3.63) is 45.8 Å². The molecule has 0 spiro atoms. The minimum absolute atomic E-state index is 0.846. The second-order valence-corrected chi connectivity index (χ2v) is 5.16. The molecule has 0 nitrogen and oxygen atoms in total. The van der Waals surface area contributed by atoms with Gasteiger partial charge in [0.25, 0.3) is 0 Å². The van der Waals surface area contributed by atoms with Gasteiger partial charge >= 0.3 is 0 Å². The molecule has 78 valence electrons. The lowest BCUT2D eigenvalue weighted by molar-refractivity contribution is 1.19. The molecule has 0 aliphatic carbocycles. The van der Waals surface area contributed by atoms with E-state index in [-0.39, 0.29) is 0 Å². The predicted octanol–water partition coefficient (Wildman–Crippen LogP) is 4.94. The summed E-state index contributed by atoms with van der Waals surface area (Å²) < 4.78 is 0. The second-order valence-electron chi connectivity index (χ2n) is 3.58. The molecule has 2 rings (SSSR count). The molecular formula is C13H13ClS. The summed E-state index contributed by atoms with van der Waals surface area (Å²) in [6.45, 7) is 4.20. The molecule has 0 fully saturated rings. The summed E-state index contributed by atoms with van der Waals surface area (Å²) in [7, 11) is 0. The third-order valence-electron chi connectivity index (χ3n) is 2.47. The Balaban J connectivity index is 2.40. The maximum atomic E-state index is 6.11. The monoisotopic (exact) mass is 236 g/mol. The summed E-state index contributed by atoms with van der Waals surface area (Å²) in [5.74, 6) is 0. The highest BCUT2D eigenvalue weighted by molar-refractivity contribution is 7.15. The van der Waals surface area contributed by atoms with Gasteiger partial charge in [0, 0.05) is 14.8 Å². The fourth-order valence-electron chi connectivity index (χ4n) is 1.47. The van der Waals surface area contributed by atoms with Crippen LogP contribution in [0.1, 0.15) is 17.4 Å². The van der Waals surface area contributed by atoms with Gasteiger partial charge < -0.3 is 0 Å². The maximum absolute atomic E-state index is 6.11. The first-order chi connectivity index (χ1) is 7.20. The SMILES string of the molecule is CCc1ccc(-c2ccc(C)c(Cl)c2)s1. The molecule has 0 saturated heterocycles. The van der Waals surface area contributed by atoms with Gasteiger partial charge in [-0.05, 0) is 42.7 Å². The van der Waals surface area contributed by atoms with E-state index < -0.39 is 0 Å². The molecule has 0 saturated carbocycles. The molecule has 1 aromatic carbocycles. The Bertz CT molecular complexity index is 471. The average Bonchev–Trinajstić information content (AvgIpc) is 2.70. The van der Waals surface area contributed by atoms with Crippen molar-refractivity contribution in [3.8, 4) is 10.4 Å². The van der Waals surface area contributed by atoms with Gasteiger partial charge in [-0.15, -0.1) is 11.3 Å². The van der Waals surface area contributed by atoms with Crippen molar-refractivity contribution in [2.75, 3.05) is 0 Å². The number of rotatable bonds is 2. The highest BCUT2D eigenvalue weighted by Crippen LogP contribution is 2.31. The normalized spacial score (nSPS) is 10.6. The smallest absolute Gasteiger partial charge is 0.0441 e. The van der Waals surface area contributed by atoms with E-state index in [0.29, 0.717) is 0 Å². The zero-order valence-corrected chi connectivity index (χ0v) is 10.5. The molecule has 0 aliphatic heterocycles. The van der Waals surface area contributed by atoms with E-state index in [1.165, 1.54) is 15.3 Å². The molecule has 1 heterocycles. The molecule has 0 N–H and O–H groups in total. The average molecular weight is 237 g/mol. The third-order valence-corrected chi connectivity index (χ3v) is 4.15. The van der Waals surface area contributed by atoms with Gasteiger partial charge in [0.15, 0.2) is 0 Å². The number of thiophene rings is 1. The van der Waals surface area contributed by atoms with Crippen molar-refractivity contribution in [3.63, 3.8) is 0 Å². The molecule has 0 unspecified atom stereocenters. The number of hydrogen-bond donors (Lipinski definition) is 0. The van der Waals surface area contributed by atoms with Gasteiger partial charge in [-0.1, -0.05) is 30.7 Å². The molecule has 0 bridgehead atoms. The summed E-state index contributed by atoms with van der Waals surface area (Å²) in [6.07, 6.45) is 1.10. The second kappa shape index (κ2) is 4.38. The van der Waals surface area contributed by atoms with E-state index in [0.717, 1.165) is 17.0 Å². The number of halogens is 1. The van der Waals surface area contributed by atoms with E-state index >= 15 is 0 Å². The minimum Gasteiger partial charge on any atom is -0.140 e. The van der Waals surface area contributed by atoms with Crippen molar-refractivity contribution in [2.45, 2.75) is 20.3 Å². The van der Waals surface area contributed by atoms with Gasteiger partial charge in [-0.2, -0.15) is 0 Å². The summed E-state index contributed by atoms with van der Waals surface area (Å²) in [4.78, 5) is 2.72. The van der Waals surface area contributed by atoms with Crippen molar-refractivity contribution in [1.82, 2.24) is 0 Å². The van der Waals surface area contributed by atoms with Crippen LogP contribution in [0.5, 0.6) is 0 Å². The fourth-order valence-corrected chi connectivity index (χ4v) is 2.59. The van der Waals surface area contributed by atoms with Gasteiger partial charge in [0.05, 0.1) is 0 Å². The van der Waals surface area contributed by atoms with Crippen molar-refractivity contribution in [1.29, 1.82) is 0 Å². The van der Waals surface area contributed by atoms with E-state index in [9.17, 15) is 0 Å². The zero-order valence-electron chi connectivity index (χ0n) is 8.88. The minimum atomic E-state index is 0.846. The predicted molar refractivity (Wildman–Crippen MR) is 68.9 cm³/mol. The van der Waals surface area contributed by atoms with Crippen molar-refractivity contribution < 1.29 is 0 Å². The number of aryl methyl sites for hydroxylation is 2. The van der Waals surface area contributed by atoms with Gasteiger partial charge in [0.2, 0.25) is 0 Å². The van der Waals surface area contributed by atoms with Crippen LogP contribution in [0.25, 0.3) is 10.4 Å². The Morgan fingerprint density at radius 1 is 1.20 bits per heavy atom. The first-order valence-electron chi connectivity index (χ1n) is 5.06. The van der Waals surface area contributed by atoms with E-state index in [1.807, 2.05) is 24.3 Å². The quantitative estimate of drug-likeness (QED) is 0.693. The Morgan fingerprint density at radius 2 is 2.00 bits per heavy atom. The molecule has 1 aromatic heterocycles. The van der Waals surface area contributed by atoms with Crippen LogP contribution < -0.4 is 0 Å². The molecule has 15 heavy (non-hydrogen) atoms. The van der Waals surface area contributed by atoms with Gasteiger partial charge in [-0.25, -0.2) is 0 Å². The summed E-state index contributed by atoms with van der Waals surface area (Å²) >= 11 is 7.95. The Morgan fingerprint density at radius 3 is 2.60 bits per heavy atom. The standard InChI is InChI=1S/C13H13ClS/c1-3-11-6-7-13(15-11)10-5-4-9(2)12(14)8-10/h4-8H,3H2,1-2H3. The van der Waals surface area contributed by atoms with Crippen molar-refractivity contribution in [2.24, 2.45) is 0 Å². The first kappa shape index (κ1) is 10.7. The Kier molecular flexibility index (Phi) is 3.13. The molecule has 0 amide bonds. The lowest BCUT2D eigenvalue weighted by Crippen LogP contribution is -1.76. The number of hydrogen-bond acceptors (Lipinski definition) is 1. The molecule has 2 aromatic rings. The lowest BCUT2D eigenvalue weighted by atomic mass is 10.1. The molecule has 0 aliphatic rings. The highest BCUT2D eigenvalue weighted by Gasteiger charge is 2.03. The fraction of sp³-hybridized carbons (Fsp3) is 0.231. The molecule has 0 radical (unpaired) electrons. The number of benzene rings is 1. The zero-order chi connectivity index (χ0) is 10.8. The van der Waals surface area contributed by atoms with E-state index in [4.69, 9.17) is 11.6 Å². The molecular weight excluding hydrogens is 224 g/mol. The summed E-state index contributed by atoms with van der Waals surface area (Å²) in [6, 6.07) is 10.6. The first-order valence-corrected chi connectivity index (χ1v) is 6.25. The van der Waals surface area contributed by atoms with Crippen LogP contribution in [0.4, 0.5) is 0 Å². The largest absolute Gasteiger partial charge is 0.140 e. The summed E-state index contributed by atoms with van der Waals surface area (Å²) in [5, 5.41) is 0.846. The van der Waals surface area contributed by atoms with Gasteiger partial charge in [0.1, 0.15) is 0 Å². The van der Waals surface area contributed by atoms with Crippen LogP contribution in [0.2, 0.25) is 5.02 Å². The Hall–Kier alpha value is -0.790. The summed E-state index contributed by atoms with van der Waals surface area (Å²) in [5.41, 5.74) is 2.35. The molecule has 2 heteroatoms. The lowest BCUT2D eigenvalue weighted by Gasteiger charge is -2.01. The van der Waals surface area contributed by atoms with Crippen molar-refractivity contribution >= 4 is 22.9 Å². The van der Waals surface area contributed by atoms with E-state index in [1.54, 1.807) is 0 Å². The van der Waals surface area contributed by atoms with Crippen LogP contribution in [0.15, 0.2) is 30.3 Å². The topological polar surface area (TPSA) is 0 Å². The van der Waals surface area contributed by atoms with Gasteiger partial charge in [-0.3, -0.25) is 0 Å². The highest BCUT2D eigenvalue weighted by atomic mass is 35.5. The van der Waals surface area contributed by atoms with Crippen LogP contribution in [-0.2, 0) is 6.42 Å². The van der Waals surface area contributed by atoms with Crippen LogP contribution in [0.3, 0.4) is 0 Å². The van der Waals surface area contributed by atoms with Crippen LogP contribution in [0, 0.1) is 6.92 Å². The van der Waals surface area contributed by atoms with E-state index in [2.05, 4.69) is 31.2 Å².